The predicted molar refractivity (Wildman–Crippen MR) is 98.5 cm³/mol. The molecule has 1 fully saturated rings. The third kappa shape index (κ3) is 4.05. The Balaban J connectivity index is 1.88. The lowest BCUT2D eigenvalue weighted by atomic mass is 10.0. The molecule has 1 N–H and O–H groups in total. The van der Waals surface area contributed by atoms with Gasteiger partial charge in [0.1, 0.15) is 11.9 Å². The third-order valence-corrected chi connectivity index (χ3v) is 4.83. The monoisotopic (exact) mass is 374 g/mol. The van der Waals surface area contributed by atoms with Gasteiger partial charge in [0.05, 0.1) is 10.6 Å². The van der Waals surface area contributed by atoms with Gasteiger partial charge in [-0.15, -0.1) is 0 Å². The first-order valence-electron chi connectivity index (χ1n) is 8.66. The molecule has 4 nitrogen and oxygen atoms in total. The quantitative estimate of drug-likeness (QED) is 0.880. The van der Waals surface area contributed by atoms with E-state index in [1.165, 1.54) is 18.2 Å². The second kappa shape index (κ2) is 8.32. The van der Waals surface area contributed by atoms with Gasteiger partial charge in [-0.2, -0.15) is 0 Å². The molecule has 1 aliphatic rings. The van der Waals surface area contributed by atoms with Crippen molar-refractivity contribution in [2.75, 3.05) is 13.1 Å². The average molecular weight is 375 g/mol. The number of rotatable bonds is 4. The summed E-state index contributed by atoms with van der Waals surface area (Å²) in [6, 6.07) is 12.2. The Labute approximate surface area is 157 Å². The van der Waals surface area contributed by atoms with E-state index in [9.17, 15) is 14.0 Å². The van der Waals surface area contributed by atoms with Crippen LogP contribution in [-0.4, -0.2) is 29.8 Å². The normalized spacial score (nSPS) is 15.4. The molecule has 0 aromatic heterocycles. The molecule has 1 atom stereocenters. The molecule has 2 amide bonds. The second-order valence-corrected chi connectivity index (χ2v) is 6.71. The van der Waals surface area contributed by atoms with E-state index in [0.717, 1.165) is 19.3 Å². The van der Waals surface area contributed by atoms with E-state index in [-0.39, 0.29) is 16.5 Å². The Morgan fingerprint density at radius 1 is 1.00 bits per heavy atom. The fraction of sp³-hybridized carbons (Fsp3) is 0.300. The molecule has 136 valence electrons. The van der Waals surface area contributed by atoms with E-state index >= 15 is 0 Å². The zero-order chi connectivity index (χ0) is 18.5. The molecule has 2 aromatic carbocycles. The van der Waals surface area contributed by atoms with Crippen molar-refractivity contribution in [1.29, 1.82) is 0 Å². The van der Waals surface area contributed by atoms with Crippen LogP contribution < -0.4 is 5.32 Å². The Hall–Kier alpha value is -2.40. The summed E-state index contributed by atoms with van der Waals surface area (Å²) in [6.07, 6.45) is 2.98. The summed E-state index contributed by atoms with van der Waals surface area (Å²) in [7, 11) is 0. The zero-order valence-electron chi connectivity index (χ0n) is 14.3. The fourth-order valence-corrected chi connectivity index (χ4v) is 3.40. The highest BCUT2D eigenvalue weighted by atomic mass is 35.5. The molecule has 0 spiro atoms. The first-order chi connectivity index (χ1) is 12.6. The van der Waals surface area contributed by atoms with Gasteiger partial charge in [-0.3, -0.25) is 9.59 Å². The van der Waals surface area contributed by atoms with Gasteiger partial charge in [0.15, 0.2) is 0 Å². The van der Waals surface area contributed by atoms with Gasteiger partial charge in [0.25, 0.3) is 5.91 Å². The molecule has 0 saturated carbocycles. The number of amides is 2. The summed E-state index contributed by atoms with van der Waals surface area (Å²) in [5, 5.41) is 2.69. The maximum Gasteiger partial charge on any atom is 0.256 e. The number of benzene rings is 2. The summed E-state index contributed by atoms with van der Waals surface area (Å²) in [5.74, 6) is -1.60. The van der Waals surface area contributed by atoms with Crippen LogP contribution in [0.5, 0.6) is 0 Å². The summed E-state index contributed by atoms with van der Waals surface area (Å²) >= 11 is 5.99. The number of carbonyl (C=O) groups excluding carboxylic acids is 2. The van der Waals surface area contributed by atoms with Crippen molar-refractivity contribution < 1.29 is 14.0 Å². The fourth-order valence-electron chi connectivity index (χ4n) is 3.15. The second-order valence-electron chi connectivity index (χ2n) is 6.30. The highest BCUT2D eigenvalue weighted by Crippen LogP contribution is 2.23. The van der Waals surface area contributed by atoms with Crippen LogP contribution in [0, 0.1) is 5.82 Å². The topological polar surface area (TPSA) is 49.4 Å². The van der Waals surface area contributed by atoms with Crippen LogP contribution in [0.15, 0.2) is 48.5 Å². The lowest BCUT2D eigenvalue weighted by Crippen LogP contribution is -2.45. The molecular weight excluding hydrogens is 355 g/mol. The molecule has 0 aliphatic carbocycles. The molecule has 1 saturated heterocycles. The SMILES string of the molecule is O=C(N[C@H](C(=O)N1CCCCC1)c1ccccc1)c1c(F)cccc1Cl. The van der Waals surface area contributed by atoms with Crippen molar-refractivity contribution in [2.24, 2.45) is 0 Å². The number of halogens is 2. The van der Waals surface area contributed by atoms with E-state index in [4.69, 9.17) is 11.6 Å². The highest BCUT2D eigenvalue weighted by molar-refractivity contribution is 6.33. The number of nitrogens with one attached hydrogen (secondary N) is 1. The minimum Gasteiger partial charge on any atom is -0.341 e. The van der Waals surface area contributed by atoms with Gasteiger partial charge in [-0.05, 0) is 37.0 Å². The minimum atomic E-state index is -0.877. The first kappa shape index (κ1) is 18.4. The van der Waals surface area contributed by atoms with Crippen molar-refractivity contribution in [2.45, 2.75) is 25.3 Å². The third-order valence-electron chi connectivity index (χ3n) is 4.51. The zero-order valence-corrected chi connectivity index (χ0v) is 15.0. The van der Waals surface area contributed by atoms with Crippen LogP contribution in [0.25, 0.3) is 0 Å². The van der Waals surface area contributed by atoms with Crippen LogP contribution in [0.2, 0.25) is 5.02 Å². The highest BCUT2D eigenvalue weighted by Gasteiger charge is 2.29. The maximum absolute atomic E-state index is 14.1. The predicted octanol–water partition coefficient (Wildman–Crippen LogP) is 3.96. The van der Waals surface area contributed by atoms with Gasteiger partial charge < -0.3 is 10.2 Å². The Kier molecular flexibility index (Phi) is 5.89. The van der Waals surface area contributed by atoms with Gasteiger partial charge in [0.2, 0.25) is 5.91 Å². The summed E-state index contributed by atoms with van der Waals surface area (Å²) in [4.78, 5) is 27.4. The summed E-state index contributed by atoms with van der Waals surface area (Å²) in [5.41, 5.74) is 0.408. The number of nitrogens with zero attached hydrogens (tertiary/aromatic N) is 1. The number of piperidine rings is 1. The molecule has 0 bridgehead atoms. The Bertz CT molecular complexity index is 771. The largest absolute Gasteiger partial charge is 0.341 e. The molecule has 3 rings (SSSR count). The lowest BCUT2D eigenvalue weighted by molar-refractivity contribution is -0.134. The number of likely N-dealkylation sites (tertiary alicyclic amines) is 1. The van der Waals surface area contributed by atoms with E-state index in [1.807, 2.05) is 6.07 Å². The smallest absolute Gasteiger partial charge is 0.256 e. The molecule has 0 unspecified atom stereocenters. The van der Waals surface area contributed by atoms with Crippen LogP contribution in [-0.2, 0) is 4.79 Å². The molecule has 1 heterocycles. The van der Waals surface area contributed by atoms with Gasteiger partial charge in [0, 0.05) is 13.1 Å². The van der Waals surface area contributed by atoms with Gasteiger partial charge in [-0.1, -0.05) is 48.0 Å². The van der Waals surface area contributed by atoms with Crippen molar-refractivity contribution in [3.05, 3.63) is 70.5 Å². The Morgan fingerprint density at radius 2 is 1.69 bits per heavy atom. The van der Waals surface area contributed by atoms with Crippen molar-refractivity contribution in [3.63, 3.8) is 0 Å². The van der Waals surface area contributed by atoms with Crippen LogP contribution in [0.1, 0.15) is 41.2 Å². The number of hydrogen-bond donors (Lipinski definition) is 1. The summed E-state index contributed by atoms with van der Waals surface area (Å²) in [6.45, 7) is 1.33. The van der Waals surface area contributed by atoms with Crippen molar-refractivity contribution in [1.82, 2.24) is 10.2 Å². The molecule has 6 heteroatoms. The van der Waals surface area contributed by atoms with E-state index < -0.39 is 17.8 Å². The lowest BCUT2D eigenvalue weighted by Gasteiger charge is -2.31. The number of carbonyl (C=O) groups is 2. The number of hydrogen-bond acceptors (Lipinski definition) is 2. The molecular formula is C20H20ClFN2O2. The van der Waals surface area contributed by atoms with Gasteiger partial charge in [-0.25, -0.2) is 4.39 Å². The van der Waals surface area contributed by atoms with E-state index in [1.54, 1.807) is 29.2 Å². The van der Waals surface area contributed by atoms with Crippen LogP contribution >= 0.6 is 11.6 Å². The molecule has 2 aromatic rings. The van der Waals surface area contributed by atoms with Crippen molar-refractivity contribution in [3.8, 4) is 0 Å². The van der Waals surface area contributed by atoms with Crippen molar-refractivity contribution >= 4 is 23.4 Å². The Morgan fingerprint density at radius 3 is 2.35 bits per heavy atom. The van der Waals surface area contributed by atoms with Crippen LogP contribution in [0.3, 0.4) is 0 Å². The minimum absolute atomic E-state index is 0.0136. The standard InChI is InChI=1S/C20H20ClFN2O2/c21-15-10-7-11-16(22)17(15)19(25)23-18(14-8-3-1-4-9-14)20(26)24-12-5-2-6-13-24/h1,3-4,7-11,18H,2,5-6,12-13H2,(H,23,25)/t18-/m0/s1. The molecule has 0 radical (unpaired) electrons. The molecule has 1 aliphatic heterocycles. The van der Waals surface area contributed by atoms with E-state index in [0.29, 0.717) is 18.7 Å². The molecule has 26 heavy (non-hydrogen) atoms. The average Bonchev–Trinajstić information content (AvgIpc) is 2.67. The summed E-state index contributed by atoms with van der Waals surface area (Å²) < 4.78 is 14.1. The first-order valence-corrected chi connectivity index (χ1v) is 9.04. The van der Waals surface area contributed by atoms with Gasteiger partial charge >= 0.3 is 0 Å². The maximum atomic E-state index is 14.1. The van der Waals surface area contributed by atoms with E-state index in [2.05, 4.69) is 5.32 Å². The van der Waals surface area contributed by atoms with Crippen LogP contribution in [0.4, 0.5) is 4.39 Å².